The van der Waals surface area contributed by atoms with Gasteiger partial charge in [0.1, 0.15) is 11.5 Å². The molecule has 7 nitrogen and oxygen atoms in total. The van der Waals surface area contributed by atoms with Crippen LogP contribution in [0.4, 0.5) is 5.69 Å². The fourth-order valence-electron chi connectivity index (χ4n) is 2.94. The number of hydrogen-bond acceptors (Lipinski definition) is 5. The summed E-state index contributed by atoms with van der Waals surface area (Å²) < 4.78 is 10.2. The average molecular weight is 418 g/mol. The number of anilines is 1. The molecule has 0 fully saturated rings. The Labute approximate surface area is 180 Å². The van der Waals surface area contributed by atoms with Crippen molar-refractivity contribution in [2.75, 3.05) is 12.4 Å². The molecule has 0 spiro atoms. The number of methoxy groups -OCH3 is 1. The van der Waals surface area contributed by atoms with Crippen LogP contribution in [0.1, 0.15) is 33.2 Å². The third kappa shape index (κ3) is 5.93. The minimum absolute atomic E-state index is 0.259. The van der Waals surface area contributed by atoms with Gasteiger partial charge in [0, 0.05) is 24.7 Å². The Morgan fingerprint density at radius 2 is 1.65 bits per heavy atom. The van der Waals surface area contributed by atoms with Crippen molar-refractivity contribution in [1.29, 1.82) is 0 Å². The van der Waals surface area contributed by atoms with Gasteiger partial charge in [-0.3, -0.25) is 14.4 Å². The molecule has 158 valence electrons. The van der Waals surface area contributed by atoms with Gasteiger partial charge in [0.25, 0.3) is 11.8 Å². The molecule has 0 aliphatic carbocycles. The summed E-state index contributed by atoms with van der Waals surface area (Å²) in [6.07, 6.45) is 0. The first-order chi connectivity index (χ1) is 15.0. The lowest BCUT2D eigenvalue weighted by Gasteiger charge is -2.11. The molecule has 0 atom stereocenters. The van der Waals surface area contributed by atoms with E-state index in [1.165, 1.54) is 20.1 Å². The molecule has 3 rings (SSSR count). The predicted molar refractivity (Wildman–Crippen MR) is 116 cm³/mol. The van der Waals surface area contributed by atoms with Gasteiger partial charge in [0.2, 0.25) is 0 Å². The summed E-state index contributed by atoms with van der Waals surface area (Å²) >= 11 is 0. The van der Waals surface area contributed by atoms with Crippen LogP contribution < -0.4 is 20.1 Å². The fourth-order valence-corrected chi connectivity index (χ4v) is 2.94. The van der Waals surface area contributed by atoms with Crippen LogP contribution >= 0.6 is 0 Å². The summed E-state index contributed by atoms with van der Waals surface area (Å²) in [5.74, 6) is -0.261. The van der Waals surface area contributed by atoms with Crippen LogP contribution in [-0.2, 0) is 11.3 Å². The highest BCUT2D eigenvalue weighted by Crippen LogP contribution is 2.20. The van der Waals surface area contributed by atoms with E-state index in [1.54, 1.807) is 60.7 Å². The van der Waals surface area contributed by atoms with Crippen molar-refractivity contribution >= 4 is 23.5 Å². The van der Waals surface area contributed by atoms with Crippen molar-refractivity contribution in [2.45, 2.75) is 13.5 Å². The van der Waals surface area contributed by atoms with Crippen LogP contribution in [0.2, 0.25) is 0 Å². The number of hydrogen-bond donors (Lipinski definition) is 2. The normalized spacial score (nSPS) is 10.1. The molecule has 31 heavy (non-hydrogen) atoms. The number of nitrogens with one attached hydrogen (secondary N) is 2. The number of esters is 1. The van der Waals surface area contributed by atoms with Crippen LogP contribution in [0.15, 0.2) is 72.8 Å². The second-order valence-electron chi connectivity index (χ2n) is 6.66. The third-order valence-electron chi connectivity index (χ3n) is 4.35. The largest absolute Gasteiger partial charge is 0.496 e. The molecule has 0 aliphatic rings. The second kappa shape index (κ2) is 10.1. The zero-order chi connectivity index (χ0) is 22.2. The number of benzene rings is 3. The highest BCUT2D eigenvalue weighted by molar-refractivity contribution is 6.06. The highest BCUT2D eigenvalue weighted by atomic mass is 16.5. The Balaban J connectivity index is 1.64. The Hall–Kier alpha value is -4.13. The molecule has 0 aromatic heterocycles. The minimum Gasteiger partial charge on any atom is -0.496 e. The molecule has 2 N–H and O–H groups in total. The Kier molecular flexibility index (Phi) is 7.01. The lowest BCUT2D eigenvalue weighted by Crippen LogP contribution is -2.23. The van der Waals surface area contributed by atoms with Gasteiger partial charge < -0.3 is 20.1 Å². The first kappa shape index (κ1) is 21.6. The average Bonchev–Trinajstić information content (AvgIpc) is 2.77. The van der Waals surface area contributed by atoms with E-state index in [0.29, 0.717) is 28.3 Å². The molecule has 0 aliphatic heterocycles. The van der Waals surface area contributed by atoms with E-state index in [2.05, 4.69) is 10.6 Å². The molecule has 3 aromatic carbocycles. The summed E-state index contributed by atoms with van der Waals surface area (Å²) in [6, 6.07) is 20.5. The quantitative estimate of drug-likeness (QED) is 0.450. The number of rotatable bonds is 7. The van der Waals surface area contributed by atoms with E-state index in [9.17, 15) is 14.4 Å². The van der Waals surface area contributed by atoms with Gasteiger partial charge in [-0.25, -0.2) is 0 Å². The van der Waals surface area contributed by atoms with Crippen molar-refractivity contribution in [3.63, 3.8) is 0 Å². The lowest BCUT2D eigenvalue weighted by atomic mass is 10.1. The second-order valence-corrected chi connectivity index (χ2v) is 6.66. The molecular weight excluding hydrogens is 396 g/mol. The number of para-hydroxylation sites is 1. The number of carbonyl (C=O) groups is 3. The first-order valence-corrected chi connectivity index (χ1v) is 9.56. The van der Waals surface area contributed by atoms with Crippen molar-refractivity contribution in [2.24, 2.45) is 0 Å². The van der Waals surface area contributed by atoms with E-state index in [1.807, 2.05) is 6.07 Å². The topological polar surface area (TPSA) is 93.7 Å². The van der Waals surface area contributed by atoms with E-state index in [0.717, 1.165) is 5.56 Å². The molecule has 0 saturated heterocycles. The molecule has 0 radical (unpaired) electrons. The van der Waals surface area contributed by atoms with Crippen molar-refractivity contribution in [3.8, 4) is 11.5 Å². The lowest BCUT2D eigenvalue weighted by molar-refractivity contribution is -0.131. The van der Waals surface area contributed by atoms with Crippen LogP contribution in [-0.4, -0.2) is 24.9 Å². The van der Waals surface area contributed by atoms with Gasteiger partial charge in [-0.2, -0.15) is 0 Å². The third-order valence-corrected chi connectivity index (χ3v) is 4.35. The minimum atomic E-state index is -0.454. The molecule has 0 unspecified atom stereocenters. The van der Waals surface area contributed by atoms with Crippen LogP contribution in [0.25, 0.3) is 0 Å². The predicted octanol–water partition coefficient (Wildman–Crippen LogP) is 3.80. The zero-order valence-electron chi connectivity index (χ0n) is 17.2. The molecule has 3 aromatic rings. The number of carbonyl (C=O) groups excluding carboxylic acids is 3. The Morgan fingerprint density at radius 1 is 0.871 bits per heavy atom. The zero-order valence-corrected chi connectivity index (χ0v) is 17.2. The SMILES string of the molecule is COc1ccccc1C(=O)Nc1cccc(CNC(=O)c2cccc(OC(C)=O)c2)c1. The number of ether oxygens (including phenoxy) is 2. The standard InChI is InChI=1S/C24H22N2O5/c1-16(27)31-20-10-6-8-18(14-20)23(28)25-15-17-7-5-9-19(13-17)26-24(29)21-11-3-4-12-22(21)30-2/h3-14H,15H2,1-2H3,(H,25,28)(H,26,29). The van der Waals surface area contributed by atoms with E-state index < -0.39 is 5.97 Å². The number of amides is 2. The van der Waals surface area contributed by atoms with Crippen molar-refractivity contribution < 1.29 is 23.9 Å². The van der Waals surface area contributed by atoms with Gasteiger partial charge in [0.15, 0.2) is 0 Å². The van der Waals surface area contributed by atoms with Crippen molar-refractivity contribution in [3.05, 3.63) is 89.5 Å². The van der Waals surface area contributed by atoms with Gasteiger partial charge in [-0.1, -0.05) is 30.3 Å². The van der Waals surface area contributed by atoms with Gasteiger partial charge in [0.05, 0.1) is 12.7 Å². The Morgan fingerprint density at radius 3 is 2.42 bits per heavy atom. The molecule has 0 bridgehead atoms. The summed E-state index contributed by atoms with van der Waals surface area (Å²) in [5, 5.41) is 5.65. The van der Waals surface area contributed by atoms with Crippen LogP contribution in [0, 0.1) is 0 Å². The maximum Gasteiger partial charge on any atom is 0.308 e. The summed E-state index contributed by atoms with van der Waals surface area (Å²) in [6.45, 7) is 1.56. The van der Waals surface area contributed by atoms with Crippen molar-refractivity contribution in [1.82, 2.24) is 5.32 Å². The first-order valence-electron chi connectivity index (χ1n) is 9.56. The van der Waals surface area contributed by atoms with E-state index >= 15 is 0 Å². The molecular formula is C24H22N2O5. The Bertz CT molecular complexity index is 1110. The molecule has 2 amide bonds. The highest BCUT2D eigenvalue weighted by Gasteiger charge is 2.12. The van der Waals surface area contributed by atoms with E-state index in [-0.39, 0.29) is 18.4 Å². The summed E-state index contributed by atoms with van der Waals surface area (Å²) in [7, 11) is 1.51. The van der Waals surface area contributed by atoms with Gasteiger partial charge in [-0.05, 0) is 48.0 Å². The molecule has 0 heterocycles. The maximum absolute atomic E-state index is 12.6. The monoisotopic (exact) mass is 418 g/mol. The molecule has 7 heteroatoms. The van der Waals surface area contributed by atoms with Crippen LogP contribution in [0.3, 0.4) is 0 Å². The smallest absolute Gasteiger partial charge is 0.308 e. The summed E-state index contributed by atoms with van der Waals surface area (Å²) in [5.41, 5.74) is 2.21. The summed E-state index contributed by atoms with van der Waals surface area (Å²) in [4.78, 5) is 36.1. The molecule has 0 saturated carbocycles. The van der Waals surface area contributed by atoms with Crippen LogP contribution in [0.5, 0.6) is 11.5 Å². The van der Waals surface area contributed by atoms with Gasteiger partial charge >= 0.3 is 5.97 Å². The van der Waals surface area contributed by atoms with Gasteiger partial charge in [-0.15, -0.1) is 0 Å². The maximum atomic E-state index is 12.6. The fraction of sp³-hybridized carbons (Fsp3) is 0.125. The van der Waals surface area contributed by atoms with E-state index in [4.69, 9.17) is 9.47 Å².